The van der Waals surface area contributed by atoms with Gasteiger partial charge in [-0.3, -0.25) is 14.5 Å². The van der Waals surface area contributed by atoms with Gasteiger partial charge in [0.25, 0.3) is 5.91 Å². The van der Waals surface area contributed by atoms with Gasteiger partial charge in [-0.1, -0.05) is 12.1 Å². The van der Waals surface area contributed by atoms with Crippen LogP contribution in [0.2, 0.25) is 0 Å². The first-order valence-corrected chi connectivity index (χ1v) is 11.5. The Morgan fingerprint density at radius 2 is 1.90 bits per heavy atom. The van der Waals surface area contributed by atoms with E-state index < -0.39 is 6.10 Å². The molecule has 6 rings (SSSR count). The number of nitrogens with zero attached hydrogens (tertiary/aromatic N) is 1. The molecule has 0 aromatic heterocycles. The van der Waals surface area contributed by atoms with Crippen LogP contribution >= 0.6 is 0 Å². The van der Waals surface area contributed by atoms with Gasteiger partial charge in [0.2, 0.25) is 0 Å². The van der Waals surface area contributed by atoms with Gasteiger partial charge < -0.3 is 19.9 Å². The summed E-state index contributed by atoms with van der Waals surface area (Å²) < 4.78 is 11.0. The minimum atomic E-state index is -0.474. The lowest BCUT2D eigenvalue weighted by Crippen LogP contribution is -2.63. The number of esters is 1. The number of rotatable bonds is 5. The molecule has 4 bridgehead atoms. The summed E-state index contributed by atoms with van der Waals surface area (Å²) in [7, 11) is 1.49. The molecule has 7 heteroatoms. The Morgan fingerprint density at radius 1 is 1.19 bits per heavy atom. The van der Waals surface area contributed by atoms with Crippen molar-refractivity contribution in [3.8, 4) is 5.75 Å². The smallest absolute Gasteiger partial charge is 0.311 e. The highest BCUT2D eigenvalue weighted by atomic mass is 16.5. The fourth-order valence-electron chi connectivity index (χ4n) is 6.85. The predicted octanol–water partition coefficient (Wildman–Crippen LogP) is 2.08. The van der Waals surface area contributed by atoms with E-state index in [4.69, 9.17) is 9.47 Å². The second kappa shape index (κ2) is 8.10. The zero-order valence-corrected chi connectivity index (χ0v) is 18.1. The van der Waals surface area contributed by atoms with Gasteiger partial charge in [0.15, 0.2) is 0 Å². The Labute approximate surface area is 183 Å². The molecular formula is C24H32N2O5. The van der Waals surface area contributed by atoms with E-state index in [9.17, 15) is 14.7 Å². The molecule has 31 heavy (non-hydrogen) atoms. The zero-order chi connectivity index (χ0) is 21.6. The quantitative estimate of drug-likeness (QED) is 0.698. The van der Waals surface area contributed by atoms with Gasteiger partial charge in [0, 0.05) is 25.7 Å². The zero-order valence-electron chi connectivity index (χ0n) is 18.1. The Hall–Kier alpha value is -2.12. The fraction of sp³-hybridized carbons (Fsp3) is 0.667. The molecule has 0 radical (unpaired) electrons. The van der Waals surface area contributed by atoms with Crippen LogP contribution in [0.1, 0.15) is 37.7 Å². The lowest BCUT2D eigenvalue weighted by atomic mass is 9.48. The van der Waals surface area contributed by atoms with Gasteiger partial charge in [-0.25, -0.2) is 0 Å². The van der Waals surface area contributed by atoms with E-state index in [0.29, 0.717) is 30.9 Å². The lowest BCUT2D eigenvalue weighted by molar-refractivity contribution is -0.172. The van der Waals surface area contributed by atoms with Crippen molar-refractivity contribution in [1.82, 2.24) is 10.2 Å². The third kappa shape index (κ3) is 3.94. The number of phenolic OH excluding ortho intramolecular Hbond substituents is 1. The molecule has 1 aromatic rings. The molecule has 1 heterocycles. The molecule has 1 aromatic carbocycles. The number of ether oxygens (including phenoxy) is 2. The van der Waals surface area contributed by atoms with Gasteiger partial charge in [-0.15, -0.1) is 0 Å². The third-order valence-electron chi connectivity index (χ3n) is 7.99. The molecule has 2 unspecified atom stereocenters. The monoisotopic (exact) mass is 428 g/mol. The molecule has 4 aliphatic carbocycles. The van der Waals surface area contributed by atoms with Crippen molar-refractivity contribution in [2.75, 3.05) is 26.8 Å². The van der Waals surface area contributed by atoms with Gasteiger partial charge in [0.05, 0.1) is 19.1 Å². The number of phenols is 1. The van der Waals surface area contributed by atoms with Crippen LogP contribution in [-0.4, -0.2) is 60.8 Å². The summed E-state index contributed by atoms with van der Waals surface area (Å²) in [4.78, 5) is 27.8. The van der Waals surface area contributed by atoms with Crippen molar-refractivity contribution < 1.29 is 24.2 Å². The number of morpholine rings is 1. The number of carbonyl (C=O) groups is 2. The Bertz CT molecular complexity index is 825. The molecule has 1 amide bonds. The van der Waals surface area contributed by atoms with E-state index in [1.54, 1.807) is 12.1 Å². The molecule has 1 saturated heterocycles. The summed E-state index contributed by atoms with van der Waals surface area (Å²) in [5, 5.41) is 12.8. The molecule has 7 nitrogen and oxygen atoms in total. The number of hydrogen-bond acceptors (Lipinski definition) is 6. The normalized spacial score (nSPS) is 36.9. The van der Waals surface area contributed by atoms with Crippen LogP contribution in [0.5, 0.6) is 5.75 Å². The van der Waals surface area contributed by atoms with Crippen LogP contribution in [0.15, 0.2) is 24.3 Å². The largest absolute Gasteiger partial charge is 0.508 e. The second-order valence-corrected chi connectivity index (χ2v) is 10.0. The topological polar surface area (TPSA) is 88.1 Å². The van der Waals surface area contributed by atoms with Crippen LogP contribution in [0.3, 0.4) is 0 Å². The first-order valence-electron chi connectivity index (χ1n) is 11.5. The highest BCUT2D eigenvalue weighted by molar-refractivity contribution is 5.82. The number of amides is 1. The minimum Gasteiger partial charge on any atom is -0.508 e. The molecule has 1 aliphatic heterocycles. The molecule has 2 N–H and O–H groups in total. The van der Waals surface area contributed by atoms with Crippen molar-refractivity contribution in [2.45, 2.75) is 50.8 Å². The highest BCUT2D eigenvalue weighted by Crippen LogP contribution is 2.60. The number of methoxy groups -OCH3 is 1. The van der Waals surface area contributed by atoms with Gasteiger partial charge >= 0.3 is 5.97 Å². The fourth-order valence-corrected chi connectivity index (χ4v) is 6.85. The Kier molecular flexibility index (Phi) is 5.42. The Morgan fingerprint density at radius 3 is 2.58 bits per heavy atom. The van der Waals surface area contributed by atoms with Crippen molar-refractivity contribution >= 4 is 11.9 Å². The van der Waals surface area contributed by atoms with Crippen LogP contribution in [-0.2, 0) is 25.6 Å². The summed E-state index contributed by atoms with van der Waals surface area (Å²) in [6, 6.07) is 7.33. The maximum absolute atomic E-state index is 13.1. The van der Waals surface area contributed by atoms with E-state index in [1.165, 1.54) is 7.11 Å². The minimum absolute atomic E-state index is 0.0278. The van der Waals surface area contributed by atoms with Crippen molar-refractivity contribution in [1.29, 1.82) is 0 Å². The van der Waals surface area contributed by atoms with Gasteiger partial charge in [-0.05, 0) is 67.6 Å². The Balaban J connectivity index is 1.20. The van der Waals surface area contributed by atoms with Crippen LogP contribution in [0, 0.1) is 23.2 Å². The molecule has 5 aliphatic rings. The number of nitrogens with one attached hydrogen (secondary N) is 1. The second-order valence-electron chi connectivity index (χ2n) is 10.0. The summed E-state index contributed by atoms with van der Waals surface area (Å²) in [6.45, 7) is 2.60. The highest BCUT2D eigenvalue weighted by Gasteiger charge is 2.59. The van der Waals surface area contributed by atoms with Crippen molar-refractivity contribution in [2.24, 2.45) is 23.2 Å². The molecule has 5 fully saturated rings. The van der Waals surface area contributed by atoms with E-state index in [1.807, 2.05) is 12.1 Å². The average Bonchev–Trinajstić information content (AvgIpc) is 2.77. The molecular weight excluding hydrogens is 396 g/mol. The summed E-state index contributed by atoms with van der Waals surface area (Å²) in [6.07, 6.45) is 4.33. The van der Waals surface area contributed by atoms with Gasteiger partial charge in [-0.2, -0.15) is 0 Å². The number of hydrogen-bond donors (Lipinski definition) is 2. The first-order chi connectivity index (χ1) is 15.0. The number of aromatic hydroxyl groups is 1. The molecule has 0 spiro atoms. The molecule has 3 atom stereocenters. The van der Waals surface area contributed by atoms with E-state index in [2.05, 4.69) is 10.2 Å². The number of carbonyl (C=O) groups excluding carboxylic acids is 2. The molecule has 4 saturated carbocycles. The maximum atomic E-state index is 13.1. The van der Waals surface area contributed by atoms with Gasteiger partial charge in [0.1, 0.15) is 11.9 Å². The lowest BCUT2D eigenvalue weighted by Gasteiger charge is -2.58. The number of benzene rings is 1. The summed E-state index contributed by atoms with van der Waals surface area (Å²) >= 11 is 0. The molecule has 168 valence electrons. The average molecular weight is 429 g/mol. The SMILES string of the molecule is COC(=O)C12CC3CC(C1)C(NC(=O)[C@H]1CN(Cc4ccc(O)cc4)CCO1)C(C3)C2. The van der Waals surface area contributed by atoms with Crippen molar-refractivity contribution in [3.05, 3.63) is 29.8 Å². The summed E-state index contributed by atoms with van der Waals surface area (Å²) in [5.74, 6) is 1.46. The predicted molar refractivity (Wildman–Crippen MR) is 113 cm³/mol. The van der Waals surface area contributed by atoms with E-state index in [0.717, 1.165) is 50.8 Å². The van der Waals surface area contributed by atoms with Crippen LogP contribution < -0.4 is 5.32 Å². The third-order valence-corrected chi connectivity index (χ3v) is 7.99. The van der Waals surface area contributed by atoms with Crippen LogP contribution in [0.25, 0.3) is 0 Å². The first kappa shape index (κ1) is 20.8. The standard InChI is InChI=1S/C24H32N2O5/c1-30-23(29)24-10-16-8-17(11-24)21(18(9-16)12-24)25-22(28)20-14-26(6-7-31-20)13-15-2-4-19(27)5-3-15/h2-5,16-18,20-21,27H,6-14H2,1H3,(H,25,28)/t16?,17?,18?,20-,21?,24?/m1/s1. The van der Waals surface area contributed by atoms with E-state index in [-0.39, 0.29) is 29.1 Å². The maximum Gasteiger partial charge on any atom is 0.311 e. The van der Waals surface area contributed by atoms with E-state index >= 15 is 0 Å². The summed E-state index contributed by atoms with van der Waals surface area (Å²) in [5.41, 5.74) is 0.780. The van der Waals surface area contributed by atoms with Crippen LogP contribution in [0.4, 0.5) is 0 Å². The van der Waals surface area contributed by atoms with Crippen molar-refractivity contribution in [3.63, 3.8) is 0 Å².